The summed E-state index contributed by atoms with van der Waals surface area (Å²) in [6, 6.07) is 4.46. The first-order chi connectivity index (χ1) is 7.42. The fourth-order valence-corrected chi connectivity index (χ4v) is 2.93. The summed E-state index contributed by atoms with van der Waals surface area (Å²) in [5, 5.41) is 2.58. The molecule has 1 amide bonds. The lowest BCUT2D eigenvalue weighted by molar-refractivity contribution is -0.117. The van der Waals surface area contributed by atoms with Crippen LogP contribution in [-0.2, 0) is 14.8 Å². The normalized spacial score (nSPS) is 16.5. The third-order valence-electron chi connectivity index (χ3n) is 2.00. The van der Waals surface area contributed by atoms with Crippen molar-refractivity contribution in [3.05, 3.63) is 28.8 Å². The number of benzene rings is 1. The van der Waals surface area contributed by atoms with E-state index in [4.69, 9.17) is 11.6 Å². The Morgan fingerprint density at radius 3 is 2.75 bits per heavy atom. The van der Waals surface area contributed by atoms with Crippen molar-refractivity contribution in [3.63, 3.8) is 0 Å². The Labute approximate surface area is 97.2 Å². The highest BCUT2D eigenvalue weighted by atomic mass is 35.5. The van der Waals surface area contributed by atoms with E-state index < -0.39 is 15.9 Å². The molecule has 5 nitrogen and oxygen atoms in total. The standard InChI is InChI=1S/C9H7ClN2O3S/c1-5(13)11-9-8-6(10)3-2-4-7(8)16(14,15)12-9/h2-4H,1H3,(H,11,12,13). The topological polar surface area (TPSA) is 75.6 Å². The van der Waals surface area contributed by atoms with Crippen molar-refractivity contribution in [1.29, 1.82) is 0 Å². The molecule has 16 heavy (non-hydrogen) atoms. The number of amidine groups is 1. The van der Waals surface area contributed by atoms with E-state index in [1.54, 1.807) is 6.07 Å². The van der Waals surface area contributed by atoms with Crippen LogP contribution >= 0.6 is 11.6 Å². The van der Waals surface area contributed by atoms with Crippen molar-refractivity contribution < 1.29 is 13.2 Å². The Balaban J connectivity index is 2.67. The molecule has 0 fully saturated rings. The third kappa shape index (κ3) is 1.70. The maximum atomic E-state index is 11.6. The molecule has 1 aromatic carbocycles. The van der Waals surface area contributed by atoms with Crippen molar-refractivity contribution in [2.75, 3.05) is 0 Å². The number of amides is 1. The van der Waals surface area contributed by atoms with E-state index in [2.05, 4.69) is 9.71 Å². The summed E-state index contributed by atoms with van der Waals surface area (Å²) in [6.45, 7) is 1.27. The SMILES string of the molecule is CC(=O)NC1=NS(=O)(=O)c2cccc(Cl)c21. The lowest BCUT2D eigenvalue weighted by Crippen LogP contribution is -2.27. The van der Waals surface area contributed by atoms with E-state index in [-0.39, 0.29) is 21.3 Å². The van der Waals surface area contributed by atoms with Crippen molar-refractivity contribution in [2.45, 2.75) is 11.8 Å². The highest BCUT2D eigenvalue weighted by molar-refractivity contribution is 7.90. The van der Waals surface area contributed by atoms with Gasteiger partial charge in [0.2, 0.25) is 5.91 Å². The van der Waals surface area contributed by atoms with Gasteiger partial charge in [-0.15, -0.1) is 4.40 Å². The molecule has 0 saturated carbocycles. The van der Waals surface area contributed by atoms with E-state index in [0.29, 0.717) is 0 Å². The monoisotopic (exact) mass is 258 g/mol. The molecular weight excluding hydrogens is 252 g/mol. The molecule has 0 saturated heterocycles. The van der Waals surface area contributed by atoms with Gasteiger partial charge in [-0.05, 0) is 12.1 Å². The molecule has 1 aliphatic heterocycles. The van der Waals surface area contributed by atoms with Crippen LogP contribution in [0.1, 0.15) is 12.5 Å². The number of sulfonamides is 1. The highest BCUT2D eigenvalue weighted by Gasteiger charge is 2.31. The van der Waals surface area contributed by atoms with E-state index >= 15 is 0 Å². The quantitative estimate of drug-likeness (QED) is 0.752. The summed E-state index contributed by atoms with van der Waals surface area (Å²) in [7, 11) is -3.73. The predicted molar refractivity (Wildman–Crippen MR) is 59.0 cm³/mol. The van der Waals surface area contributed by atoms with Gasteiger partial charge in [-0.25, -0.2) is 0 Å². The molecule has 1 heterocycles. The lowest BCUT2D eigenvalue weighted by atomic mass is 10.2. The fourth-order valence-electron chi connectivity index (χ4n) is 1.42. The van der Waals surface area contributed by atoms with Gasteiger partial charge in [0.25, 0.3) is 10.0 Å². The molecule has 0 aliphatic carbocycles. The highest BCUT2D eigenvalue weighted by Crippen LogP contribution is 2.30. The Hall–Kier alpha value is -1.40. The summed E-state index contributed by atoms with van der Waals surface area (Å²) in [6.07, 6.45) is 0. The number of nitrogens with one attached hydrogen (secondary N) is 1. The Kier molecular flexibility index (Phi) is 2.47. The van der Waals surface area contributed by atoms with Crippen molar-refractivity contribution >= 4 is 33.4 Å². The van der Waals surface area contributed by atoms with Gasteiger partial charge in [-0.2, -0.15) is 8.42 Å². The van der Waals surface area contributed by atoms with Gasteiger partial charge in [-0.1, -0.05) is 17.7 Å². The van der Waals surface area contributed by atoms with Crippen LogP contribution in [0.3, 0.4) is 0 Å². The van der Waals surface area contributed by atoms with E-state index in [1.807, 2.05) is 0 Å². The minimum absolute atomic E-state index is 0.0174. The van der Waals surface area contributed by atoms with Gasteiger partial charge in [0.1, 0.15) is 4.90 Å². The first-order valence-corrected chi connectivity index (χ1v) is 6.15. The second-order valence-electron chi connectivity index (χ2n) is 3.21. The molecule has 0 radical (unpaired) electrons. The molecule has 2 rings (SSSR count). The lowest BCUT2D eigenvalue weighted by Gasteiger charge is -2.03. The largest absolute Gasteiger partial charge is 0.310 e. The van der Waals surface area contributed by atoms with Crippen LogP contribution in [0, 0.1) is 0 Å². The number of fused-ring (bicyclic) bond motifs is 1. The van der Waals surface area contributed by atoms with Crippen molar-refractivity contribution in [3.8, 4) is 0 Å². The first kappa shape index (κ1) is 11.1. The summed E-state index contributed by atoms with van der Waals surface area (Å²) in [4.78, 5) is 10.9. The predicted octanol–water partition coefficient (Wildman–Crippen LogP) is 0.925. The molecule has 1 aromatic rings. The minimum Gasteiger partial charge on any atom is -0.310 e. The molecule has 0 spiro atoms. The number of rotatable bonds is 0. The van der Waals surface area contributed by atoms with E-state index in [1.165, 1.54) is 19.1 Å². The zero-order chi connectivity index (χ0) is 11.9. The van der Waals surface area contributed by atoms with Gasteiger partial charge < -0.3 is 5.32 Å². The Bertz CT molecular complexity index is 607. The Morgan fingerprint density at radius 2 is 2.12 bits per heavy atom. The van der Waals surface area contributed by atoms with E-state index in [0.717, 1.165) is 0 Å². The average molecular weight is 259 g/mol. The zero-order valence-corrected chi connectivity index (χ0v) is 9.76. The second kappa shape index (κ2) is 3.57. The molecule has 7 heteroatoms. The minimum atomic E-state index is -3.73. The van der Waals surface area contributed by atoms with Crippen LogP contribution in [0.4, 0.5) is 0 Å². The summed E-state index contributed by atoms with van der Waals surface area (Å²) < 4.78 is 26.7. The maximum Gasteiger partial charge on any atom is 0.285 e. The van der Waals surface area contributed by atoms with Gasteiger partial charge in [0.15, 0.2) is 5.84 Å². The average Bonchev–Trinajstić information content (AvgIpc) is 2.38. The van der Waals surface area contributed by atoms with Crippen LogP contribution in [-0.4, -0.2) is 20.2 Å². The fraction of sp³-hybridized carbons (Fsp3) is 0.111. The van der Waals surface area contributed by atoms with Crippen LogP contribution in [0.2, 0.25) is 5.02 Å². The molecule has 0 bridgehead atoms. The molecule has 84 valence electrons. The summed E-state index contributed by atoms with van der Waals surface area (Å²) >= 11 is 5.88. The molecule has 1 aliphatic rings. The van der Waals surface area contributed by atoms with Gasteiger partial charge in [0, 0.05) is 6.92 Å². The number of nitrogens with zero attached hydrogens (tertiary/aromatic N) is 1. The van der Waals surface area contributed by atoms with Crippen LogP contribution in [0.15, 0.2) is 27.5 Å². The smallest absolute Gasteiger partial charge is 0.285 e. The maximum absolute atomic E-state index is 11.6. The third-order valence-corrected chi connectivity index (χ3v) is 3.63. The number of halogens is 1. The summed E-state index contributed by atoms with van der Waals surface area (Å²) in [5.41, 5.74) is 0.249. The Morgan fingerprint density at radius 1 is 1.44 bits per heavy atom. The number of carbonyl (C=O) groups excluding carboxylic acids is 1. The number of hydrogen-bond acceptors (Lipinski definition) is 3. The van der Waals surface area contributed by atoms with Crippen LogP contribution < -0.4 is 5.32 Å². The number of carbonyl (C=O) groups is 1. The second-order valence-corrected chi connectivity index (χ2v) is 5.19. The van der Waals surface area contributed by atoms with E-state index in [9.17, 15) is 13.2 Å². The molecular formula is C9H7ClN2O3S. The first-order valence-electron chi connectivity index (χ1n) is 4.33. The molecule has 0 unspecified atom stereocenters. The van der Waals surface area contributed by atoms with Gasteiger partial charge in [0.05, 0.1) is 10.6 Å². The van der Waals surface area contributed by atoms with Crippen LogP contribution in [0.5, 0.6) is 0 Å². The van der Waals surface area contributed by atoms with Gasteiger partial charge in [-0.3, -0.25) is 4.79 Å². The summed E-state index contributed by atoms with van der Waals surface area (Å²) in [5.74, 6) is -0.421. The van der Waals surface area contributed by atoms with Crippen molar-refractivity contribution in [1.82, 2.24) is 5.32 Å². The molecule has 0 atom stereocenters. The van der Waals surface area contributed by atoms with Crippen LogP contribution in [0.25, 0.3) is 0 Å². The zero-order valence-electron chi connectivity index (χ0n) is 8.19. The van der Waals surface area contributed by atoms with Gasteiger partial charge >= 0.3 is 0 Å². The molecule has 0 aromatic heterocycles. The number of hydrogen-bond donors (Lipinski definition) is 1. The van der Waals surface area contributed by atoms with Crippen molar-refractivity contribution in [2.24, 2.45) is 4.40 Å². The molecule has 1 N–H and O–H groups in total.